The quantitative estimate of drug-likeness (QED) is 0.839. The molecule has 20 heavy (non-hydrogen) atoms. The first kappa shape index (κ1) is 13.6. The molecule has 3 nitrogen and oxygen atoms in total. The lowest BCUT2D eigenvalue weighted by Crippen LogP contribution is -2.35. The number of thiophene rings is 1. The zero-order chi connectivity index (χ0) is 14.3. The van der Waals surface area contributed by atoms with Gasteiger partial charge in [-0.25, -0.2) is 0 Å². The lowest BCUT2D eigenvalue weighted by Gasteiger charge is -2.29. The Bertz CT molecular complexity index is 661. The van der Waals surface area contributed by atoms with Gasteiger partial charge in [0.25, 0.3) is 5.91 Å². The van der Waals surface area contributed by atoms with Crippen molar-refractivity contribution in [2.24, 2.45) is 0 Å². The molecule has 0 atom stereocenters. The fourth-order valence-corrected chi connectivity index (χ4v) is 4.02. The number of phenolic OH excluding ortho intramolecular Hbond substituents is 1. The number of carbonyl (C=O) groups excluding carboxylic acids is 1. The van der Waals surface area contributed by atoms with Gasteiger partial charge in [-0.15, -0.1) is 11.3 Å². The van der Waals surface area contributed by atoms with Crippen LogP contribution in [0.3, 0.4) is 0 Å². The number of para-hydroxylation sites is 1. The van der Waals surface area contributed by atoms with E-state index in [1.54, 1.807) is 11.0 Å². The molecule has 0 spiro atoms. The van der Waals surface area contributed by atoms with Crippen LogP contribution in [0.15, 0.2) is 28.1 Å². The van der Waals surface area contributed by atoms with E-state index in [-0.39, 0.29) is 11.7 Å². The van der Waals surface area contributed by atoms with E-state index in [1.165, 1.54) is 11.3 Å². The number of halogens is 1. The SMILES string of the molecule is Cc1cc(C(=O)N2CCCc3cccc(O)c32)sc1Br. The Labute approximate surface area is 130 Å². The molecule has 1 aromatic heterocycles. The number of aryl methyl sites for hydroxylation is 2. The number of hydrogen-bond acceptors (Lipinski definition) is 3. The van der Waals surface area contributed by atoms with Crippen LogP contribution in [-0.4, -0.2) is 17.6 Å². The third kappa shape index (κ3) is 2.25. The molecule has 1 aliphatic heterocycles. The molecule has 1 N–H and O–H groups in total. The van der Waals surface area contributed by atoms with Crippen LogP contribution in [0.5, 0.6) is 5.75 Å². The molecule has 0 aliphatic carbocycles. The van der Waals surface area contributed by atoms with Gasteiger partial charge in [-0.05, 0) is 59.0 Å². The highest BCUT2D eigenvalue weighted by atomic mass is 79.9. The van der Waals surface area contributed by atoms with Crippen LogP contribution in [0, 0.1) is 6.92 Å². The summed E-state index contributed by atoms with van der Waals surface area (Å²) in [5.74, 6) is 0.147. The molecular weight excluding hydrogens is 338 g/mol. The second kappa shape index (κ2) is 5.22. The predicted molar refractivity (Wildman–Crippen MR) is 84.9 cm³/mol. The number of fused-ring (bicyclic) bond motifs is 1. The minimum atomic E-state index is -0.0359. The predicted octanol–water partition coefficient (Wildman–Crippen LogP) is 4.12. The summed E-state index contributed by atoms with van der Waals surface area (Å²) in [6.07, 6.45) is 1.83. The van der Waals surface area contributed by atoms with E-state index in [1.807, 2.05) is 25.1 Å². The largest absolute Gasteiger partial charge is 0.506 e. The summed E-state index contributed by atoms with van der Waals surface area (Å²) in [5.41, 5.74) is 2.77. The van der Waals surface area contributed by atoms with E-state index in [0.717, 1.165) is 27.8 Å². The van der Waals surface area contributed by atoms with Crippen LogP contribution >= 0.6 is 27.3 Å². The van der Waals surface area contributed by atoms with Crippen molar-refractivity contribution in [1.82, 2.24) is 0 Å². The Kier molecular flexibility index (Phi) is 3.56. The van der Waals surface area contributed by atoms with Crippen molar-refractivity contribution >= 4 is 38.9 Å². The zero-order valence-electron chi connectivity index (χ0n) is 11.0. The molecule has 0 bridgehead atoms. The van der Waals surface area contributed by atoms with Crippen LogP contribution in [0.25, 0.3) is 0 Å². The summed E-state index contributed by atoms with van der Waals surface area (Å²) in [4.78, 5) is 15.1. The highest BCUT2D eigenvalue weighted by molar-refractivity contribution is 9.11. The van der Waals surface area contributed by atoms with Gasteiger partial charge in [0.1, 0.15) is 5.75 Å². The van der Waals surface area contributed by atoms with Crippen molar-refractivity contribution < 1.29 is 9.90 Å². The molecule has 0 fully saturated rings. The monoisotopic (exact) mass is 351 g/mol. The van der Waals surface area contributed by atoms with E-state index < -0.39 is 0 Å². The van der Waals surface area contributed by atoms with Crippen LogP contribution in [0.1, 0.15) is 27.2 Å². The number of phenols is 1. The number of benzene rings is 1. The molecule has 0 saturated heterocycles. The van der Waals surface area contributed by atoms with Gasteiger partial charge in [0.05, 0.1) is 14.4 Å². The third-order valence-corrected chi connectivity index (χ3v) is 5.63. The van der Waals surface area contributed by atoms with Gasteiger partial charge in [-0.2, -0.15) is 0 Å². The lowest BCUT2D eigenvalue weighted by molar-refractivity contribution is 0.0988. The van der Waals surface area contributed by atoms with Crippen LogP contribution in [0.4, 0.5) is 5.69 Å². The van der Waals surface area contributed by atoms with E-state index in [2.05, 4.69) is 15.9 Å². The average molecular weight is 352 g/mol. The molecule has 2 heterocycles. The van der Waals surface area contributed by atoms with Gasteiger partial charge in [0, 0.05) is 6.54 Å². The first-order chi connectivity index (χ1) is 9.58. The van der Waals surface area contributed by atoms with Crippen molar-refractivity contribution in [3.63, 3.8) is 0 Å². The zero-order valence-corrected chi connectivity index (χ0v) is 13.4. The standard InChI is InChI=1S/C15H14BrNO2S/c1-9-8-12(20-14(9)16)15(19)17-7-3-5-10-4-2-6-11(18)13(10)17/h2,4,6,8,18H,3,5,7H2,1H3. The van der Waals surface area contributed by atoms with Crippen molar-refractivity contribution in [2.45, 2.75) is 19.8 Å². The highest BCUT2D eigenvalue weighted by Gasteiger charge is 2.27. The molecular formula is C15H14BrNO2S. The van der Waals surface area contributed by atoms with Crippen molar-refractivity contribution in [1.29, 1.82) is 0 Å². The first-order valence-corrected chi connectivity index (χ1v) is 8.07. The molecule has 5 heteroatoms. The molecule has 0 unspecified atom stereocenters. The van der Waals surface area contributed by atoms with Gasteiger partial charge < -0.3 is 10.0 Å². The number of rotatable bonds is 1. The van der Waals surface area contributed by atoms with Gasteiger partial charge in [-0.1, -0.05) is 12.1 Å². The van der Waals surface area contributed by atoms with Crippen molar-refractivity contribution in [3.8, 4) is 5.75 Å². The first-order valence-electron chi connectivity index (χ1n) is 6.46. The maximum absolute atomic E-state index is 12.7. The average Bonchev–Trinajstić information content (AvgIpc) is 2.78. The van der Waals surface area contributed by atoms with Gasteiger partial charge >= 0.3 is 0 Å². The Morgan fingerprint density at radius 3 is 2.95 bits per heavy atom. The molecule has 0 saturated carbocycles. The lowest BCUT2D eigenvalue weighted by atomic mass is 10.0. The van der Waals surface area contributed by atoms with E-state index in [4.69, 9.17) is 0 Å². The number of nitrogens with zero attached hydrogens (tertiary/aromatic N) is 1. The molecule has 1 aliphatic rings. The highest BCUT2D eigenvalue weighted by Crippen LogP contribution is 2.37. The smallest absolute Gasteiger partial charge is 0.268 e. The van der Waals surface area contributed by atoms with Crippen LogP contribution in [-0.2, 0) is 6.42 Å². The maximum Gasteiger partial charge on any atom is 0.268 e. The second-order valence-corrected chi connectivity index (χ2v) is 7.28. The van der Waals surface area contributed by atoms with Crippen molar-refractivity contribution in [2.75, 3.05) is 11.4 Å². The Balaban J connectivity index is 2.02. The third-order valence-electron chi connectivity index (χ3n) is 3.51. The van der Waals surface area contributed by atoms with E-state index in [0.29, 0.717) is 17.1 Å². The second-order valence-electron chi connectivity index (χ2n) is 4.91. The number of carbonyl (C=O) groups is 1. The van der Waals surface area contributed by atoms with Gasteiger partial charge in [-0.3, -0.25) is 4.79 Å². The van der Waals surface area contributed by atoms with Crippen molar-refractivity contribution in [3.05, 3.63) is 44.1 Å². The topological polar surface area (TPSA) is 40.5 Å². The van der Waals surface area contributed by atoms with Gasteiger partial charge in [0.2, 0.25) is 0 Å². The summed E-state index contributed by atoms with van der Waals surface area (Å²) in [5, 5.41) is 10.1. The minimum absolute atomic E-state index is 0.0359. The maximum atomic E-state index is 12.7. The van der Waals surface area contributed by atoms with Gasteiger partial charge in [0.15, 0.2) is 0 Å². The summed E-state index contributed by atoms with van der Waals surface area (Å²) < 4.78 is 0.982. The fourth-order valence-electron chi connectivity index (χ4n) is 2.53. The normalized spacial score (nSPS) is 14.2. The van der Waals surface area contributed by atoms with Crippen LogP contribution < -0.4 is 4.90 Å². The molecule has 0 radical (unpaired) electrons. The number of aromatic hydroxyl groups is 1. The number of anilines is 1. The Hall–Kier alpha value is -1.33. The molecule has 104 valence electrons. The summed E-state index contributed by atoms with van der Waals surface area (Å²) in [6.45, 7) is 2.62. The fraction of sp³-hybridized carbons (Fsp3) is 0.267. The molecule has 1 aromatic carbocycles. The Morgan fingerprint density at radius 1 is 1.45 bits per heavy atom. The van der Waals surface area contributed by atoms with Crippen LogP contribution in [0.2, 0.25) is 0 Å². The van der Waals surface area contributed by atoms with E-state index >= 15 is 0 Å². The minimum Gasteiger partial charge on any atom is -0.506 e. The summed E-state index contributed by atoms with van der Waals surface area (Å²) >= 11 is 4.89. The summed E-state index contributed by atoms with van der Waals surface area (Å²) in [6, 6.07) is 7.34. The molecule has 2 aromatic rings. The molecule has 1 amide bonds. The number of hydrogen-bond donors (Lipinski definition) is 1. The van der Waals surface area contributed by atoms with E-state index in [9.17, 15) is 9.90 Å². The number of amides is 1. The summed E-state index contributed by atoms with van der Waals surface area (Å²) in [7, 11) is 0. The molecule has 3 rings (SSSR count). The Morgan fingerprint density at radius 2 is 2.25 bits per heavy atom.